The van der Waals surface area contributed by atoms with Gasteiger partial charge in [-0.2, -0.15) is 0 Å². The summed E-state index contributed by atoms with van der Waals surface area (Å²) < 4.78 is 21.5. The molecule has 0 saturated carbocycles. The number of aryl methyl sites for hydroxylation is 7. The molecule has 0 saturated heterocycles. The summed E-state index contributed by atoms with van der Waals surface area (Å²) in [7, 11) is 0.701. The summed E-state index contributed by atoms with van der Waals surface area (Å²) in [5.74, 6) is 7.07. The van der Waals surface area contributed by atoms with E-state index in [1.165, 1.54) is 157 Å². The lowest BCUT2D eigenvalue weighted by Crippen LogP contribution is -2.38. The van der Waals surface area contributed by atoms with Crippen LogP contribution in [0, 0.1) is 13.8 Å². The molecule has 13 aromatic carbocycles. The van der Waals surface area contributed by atoms with E-state index in [1.807, 2.05) is 108 Å². The fraction of sp³-hybridized carbons (Fsp3) is 0.252. The Morgan fingerprint density at radius 1 is 0.381 bits per heavy atom. The molecule has 0 spiro atoms. The summed E-state index contributed by atoms with van der Waals surface area (Å²) in [6.45, 7) is 8.73. The van der Waals surface area contributed by atoms with Gasteiger partial charge in [-0.3, -0.25) is 4.21 Å². The van der Waals surface area contributed by atoms with Crippen molar-refractivity contribution in [1.29, 1.82) is 0 Å². The van der Waals surface area contributed by atoms with Crippen molar-refractivity contribution in [3.63, 3.8) is 0 Å². The summed E-state index contributed by atoms with van der Waals surface area (Å²) in [5.41, 5.74) is 56.8. The summed E-state index contributed by atoms with van der Waals surface area (Å²) in [6, 6.07) is 81.2. The number of rotatable bonds is 6. The molecule has 10 N–H and O–H groups in total. The van der Waals surface area contributed by atoms with Crippen LogP contribution in [0.25, 0.3) is 32.3 Å². The molecule has 4 atom stereocenters. The van der Waals surface area contributed by atoms with Crippen LogP contribution in [0.2, 0.25) is 0 Å². The lowest BCUT2D eigenvalue weighted by molar-refractivity contribution is 0.420. The average Bonchev–Trinajstić information content (AvgIpc) is 1.59. The summed E-state index contributed by atoms with van der Waals surface area (Å²) >= 11 is 15.8. The Labute approximate surface area is 777 Å². The molecule has 4 aliphatic carbocycles. The SMILES string of the molecule is COc1ccc(N=C(N)N2CC3CCCc4cccc2c43)c2ccccc12.Cc1cccc2c(N=C(N)N3CC4CCCc5cccc3c54)ccc(C)c12.NC(=Nc1cc(Br)ccc1Br)N1CCCS(=O)c2ccccc21.NC(=Nc1cc(Br)ccc1Br)N1CCCSc2ccccc21.NC(=Nc1ccc2c3c(cccc13)CC2)N1CC2CCCc3cccc1c32. The molecule has 640 valence electrons. The van der Waals surface area contributed by atoms with Crippen LogP contribution >= 0.6 is 75.5 Å². The normalized spacial score (nSPS) is 18.4. The second kappa shape index (κ2) is 38.0. The Morgan fingerprint density at radius 2 is 0.794 bits per heavy atom. The quantitative estimate of drug-likeness (QED) is 0.0771. The molecule has 5 heterocycles. The first-order valence-corrected chi connectivity index (χ1v) is 49.0. The van der Waals surface area contributed by atoms with Gasteiger partial charge in [-0.25, -0.2) is 25.0 Å². The molecule has 0 fully saturated rings. The first-order valence-electron chi connectivity index (χ1n) is 43.5. The number of nitrogens with two attached hydrogens (primary N) is 5. The van der Waals surface area contributed by atoms with Gasteiger partial charge >= 0.3 is 0 Å². The second-order valence-corrected chi connectivity index (χ2v) is 39.6. The van der Waals surface area contributed by atoms with E-state index in [0.717, 1.165) is 137 Å². The summed E-state index contributed by atoms with van der Waals surface area (Å²) in [5, 5.41) is 7.19. The van der Waals surface area contributed by atoms with Gasteiger partial charge in [-0.1, -0.05) is 165 Å². The molecule has 0 aromatic heterocycles. The maximum absolute atomic E-state index is 12.3. The number of para-hydroxylation sites is 2. The minimum Gasteiger partial charge on any atom is -0.496 e. The number of fused-ring (bicyclic) bond motifs is 4. The highest BCUT2D eigenvalue weighted by Gasteiger charge is 2.38. The van der Waals surface area contributed by atoms with Crippen LogP contribution in [0.3, 0.4) is 0 Å². The van der Waals surface area contributed by atoms with Gasteiger partial charge in [0.2, 0.25) is 29.8 Å². The van der Waals surface area contributed by atoms with Crippen LogP contribution in [0.1, 0.15) is 125 Å². The Morgan fingerprint density at radius 3 is 1.36 bits per heavy atom. The van der Waals surface area contributed by atoms with Crippen LogP contribution in [0.5, 0.6) is 5.75 Å². The lowest BCUT2D eigenvalue weighted by Gasteiger charge is -2.23. The molecule has 0 amide bonds. The molecular weight excluding hydrogens is 1860 g/mol. The molecule has 17 nitrogen and oxygen atoms in total. The molecular formula is C103H101Br4N15O2S2. The van der Waals surface area contributed by atoms with Crippen molar-refractivity contribution in [2.24, 2.45) is 53.6 Å². The molecule has 23 heteroatoms. The minimum atomic E-state index is -0.993. The van der Waals surface area contributed by atoms with Gasteiger partial charge in [0.1, 0.15) is 5.75 Å². The zero-order chi connectivity index (χ0) is 86.8. The molecule has 5 aliphatic heterocycles. The Balaban J connectivity index is 0.000000107. The van der Waals surface area contributed by atoms with Crippen LogP contribution in [-0.2, 0) is 42.9 Å². The second-order valence-electron chi connectivity index (χ2n) is 33.3. The van der Waals surface area contributed by atoms with Gasteiger partial charge in [-0.05, 0) is 304 Å². The molecule has 22 rings (SSSR count). The van der Waals surface area contributed by atoms with Crippen molar-refractivity contribution in [3.8, 4) is 5.75 Å². The lowest BCUT2D eigenvalue weighted by atomic mass is 9.84. The maximum Gasteiger partial charge on any atom is 0.201 e. The van der Waals surface area contributed by atoms with Crippen molar-refractivity contribution in [3.05, 3.63) is 310 Å². The number of nitrogens with zero attached hydrogens (tertiary/aromatic N) is 10. The highest BCUT2D eigenvalue weighted by Crippen LogP contribution is 2.49. The Hall–Kier alpha value is -10.8. The standard InChI is InChI=1S/C24H23N3.C24H25N3.C23H23N3O.C16H15Br2N3OS.C16H15Br2N3S/c25-24(27-14-18-7-1-4-15-6-3-9-21(27)23(15)18)26-20-13-12-17-11-10-16-5-2-8-19(20)22(16)17;1-15-6-3-10-19-20(13-12-16(2)22(15)19)26-24(25)27-14-18-9-4-7-17-8-5-11-21(27)23(17)18;1-27-21-13-12-19(17-9-2-3-10-18(17)21)25-23(24)26-14-16-8-4-6-15-7-5-11-20(26)22(15)16;17-11-6-7-12(18)13(10-11)20-16(19)21-8-3-9-23(22)15-5-2-1-4-14(15)21;17-11-6-7-12(18)13(10-11)20-16(19)21-8-3-9-22-15-5-2-1-4-14(15)21/h2-3,5-6,8-9,12-13,18H,1,4,7,10-11,14H2,(H2,25,26);3,5-6,8,10-13,18H,4,7,9,14H2,1-2H3,(H2,25,26);2-3,5,7,9-13,16H,4,6,8,14H2,1H3,(H2,24,25);1-2,4-7,10H,3,8-9H2,(H2,19,20);1-2,4-7,10H,3,8-9H2,(H2,19,20). The predicted octanol–water partition coefficient (Wildman–Crippen LogP) is 24.2. The third kappa shape index (κ3) is 17.8. The van der Waals surface area contributed by atoms with E-state index in [0.29, 0.717) is 59.8 Å². The third-order valence-electron chi connectivity index (χ3n) is 25.6. The van der Waals surface area contributed by atoms with Crippen LogP contribution in [0.15, 0.2) is 289 Å². The van der Waals surface area contributed by atoms with Gasteiger partial charge < -0.3 is 57.9 Å². The average molecular weight is 1960 g/mol. The summed E-state index contributed by atoms with van der Waals surface area (Å²) in [4.78, 5) is 36.6. The largest absolute Gasteiger partial charge is 0.496 e. The number of hydrogen-bond acceptors (Lipinski definition) is 8. The number of guanidine groups is 5. The number of aliphatic imine (C=N–C) groups is 5. The molecule has 126 heavy (non-hydrogen) atoms. The van der Waals surface area contributed by atoms with E-state index in [4.69, 9.17) is 48.4 Å². The molecule has 0 bridgehead atoms. The van der Waals surface area contributed by atoms with Gasteiger partial charge in [0.05, 0.1) is 62.6 Å². The highest BCUT2D eigenvalue weighted by atomic mass is 79.9. The van der Waals surface area contributed by atoms with Crippen LogP contribution < -0.4 is 57.9 Å². The van der Waals surface area contributed by atoms with Gasteiger partial charge in [-0.15, -0.1) is 11.8 Å². The van der Waals surface area contributed by atoms with Crippen molar-refractivity contribution in [2.45, 2.75) is 125 Å². The fourth-order valence-corrected chi connectivity index (χ4v) is 23.5. The highest BCUT2D eigenvalue weighted by molar-refractivity contribution is 9.11. The zero-order valence-electron chi connectivity index (χ0n) is 70.9. The van der Waals surface area contributed by atoms with Crippen molar-refractivity contribution < 1.29 is 8.95 Å². The van der Waals surface area contributed by atoms with E-state index in [2.05, 4.69) is 253 Å². The monoisotopic (exact) mass is 1960 g/mol. The molecule has 9 aliphatic rings. The smallest absolute Gasteiger partial charge is 0.201 e. The van der Waals surface area contributed by atoms with Crippen molar-refractivity contribution in [2.75, 3.05) is 75.8 Å². The number of halogens is 4. The third-order valence-corrected chi connectivity index (χ3v) is 30.6. The van der Waals surface area contributed by atoms with Gasteiger partial charge in [0.15, 0.2) is 0 Å². The Bertz CT molecular complexity index is 6440. The van der Waals surface area contributed by atoms with E-state index >= 15 is 0 Å². The molecule has 13 aromatic rings. The minimum absolute atomic E-state index is 0.398. The zero-order valence-corrected chi connectivity index (χ0v) is 78.9. The van der Waals surface area contributed by atoms with Gasteiger partial charge in [0, 0.05) is 118 Å². The topological polar surface area (TPSA) is 234 Å². The number of hydrogen-bond donors (Lipinski definition) is 5. The Kier molecular flexibility index (Phi) is 25.9. The number of methoxy groups -OCH3 is 1. The maximum atomic E-state index is 12.3. The number of thioether (sulfide) groups is 1. The van der Waals surface area contributed by atoms with Crippen LogP contribution in [-0.4, -0.2) is 85.3 Å². The van der Waals surface area contributed by atoms with Crippen molar-refractivity contribution in [1.82, 2.24) is 0 Å². The first kappa shape index (κ1) is 86.0. The summed E-state index contributed by atoms with van der Waals surface area (Å²) in [6.07, 6.45) is 15.3. The van der Waals surface area contributed by atoms with Crippen LogP contribution in [0.4, 0.5) is 56.9 Å². The molecule has 0 radical (unpaired) electrons. The number of benzene rings is 13. The van der Waals surface area contributed by atoms with Crippen molar-refractivity contribution >= 4 is 205 Å². The predicted molar refractivity (Wildman–Crippen MR) is 543 cm³/mol. The molecule has 4 unspecified atom stereocenters. The fourth-order valence-electron chi connectivity index (χ4n) is 19.8. The van der Waals surface area contributed by atoms with E-state index in [1.54, 1.807) is 7.11 Å². The van der Waals surface area contributed by atoms with Gasteiger partial charge in [0.25, 0.3) is 0 Å². The first-order chi connectivity index (χ1) is 61.4. The number of ether oxygens (including phenoxy) is 1. The van der Waals surface area contributed by atoms with E-state index in [9.17, 15) is 4.21 Å². The van der Waals surface area contributed by atoms with E-state index < -0.39 is 10.8 Å². The number of anilines is 5. The van der Waals surface area contributed by atoms with E-state index in [-0.39, 0.29) is 0 Å².